The molecule has 2 atom stereocenters. The lowest BCUT2D eigenvalue weighted by Crippen LogP contribution is -2.31. The van der Waals surface area contributed by atoms with E-state index in [0.29, 0.717) is 12.1 Å². The van der Waals surface area contributed by atoms with Gasteiger partial charge in [0.2, 0.25) is 0 Å². The summed E-state index contributed by atoms with van der Waals surface area (Å²) in [5.74, 6) is 0.918. The zero-order valence-electron chi connectivity index (χ0n) is 13.1. The predicted octanol–water partition coefficient (Wildman–Crippen LogP) is 4.82. The van der Waals surface area contributed by atoms with E-state index >= 15 is 0 Å². The van der Waals surface area contributed by atoms with Gasteiger partial charge in [-0.2, -0.15) is 0 Å². The molecule has 2 unspecified atom stereocenters. The zero-order valence-corrected chi connectivity index (χ0v) is 14.0. The molecule has 2 nitrogen and oxygen atoms in total. The van der Waals surface area contributed by atoms with E-state index in [1.165, 1.54) is 23.3 Å². The van der Waals surface area contributed by atoms with Crippen LogP contribution in [0.5, 0.6) is 5.75 Å². The minimum absolute atomic E-state index is 0.456. The molecule has 0 amide bonds. The van der Waals surface area contributed by atoms with E-state index in [9.17, 15) is 0 Å². The topological polar surface area (TPSA) is 21.3 Å². The number of rotatable bonds is 8. The standard InChI is InChI=1S/C18H25NOS/c1-4-6-17(18-7-5-12-21-18)19-14(2)13-15-8-10-16(20-3)11-9-15/h5,7-12,14,17,19H,4,6,13H2,1-3H3. The highest BCUT2D eigenvalue weighted by atomic mass is 32.1. The number of hydrogen-bond donors (Lipinski definition) is 1. The minimum Gasteiger partial charge on any atom is -0.497 e. The molecule has 1 aromatic heterocycles. The number of methoxy groups -OCH3 is 1. The van der Waals surface area contributed by atoms with Crippen molar-refractivity contribution in [2.75, 3.05) is 7.11 Å². The van der Waals surface area contributed by atoms with Crippen LogP contribution in [-0.4, -0.2) is 13.2 Å². The largest absolute Gasteiger partial charge is 0.497 e. The molecule has 1 heterocycles. The average Bonchev–Trinajstić information content (AvgIpc) is 3.02. The van der Waals surface area contributed by atoms with Gasteiger partial charge in [-0.05, 0) is 48.9 Å². The molecule has 0 spiro atoms. The van der Waals surface area contributed by atoms with E-state index in [0.717, 1.165) is 12.2 Å². The Morgan fingerprint density at radius 2 is 1.95 bits per heavy atom. The van der Waals surface area contributed by atoms with Gasteiger partial charge < -0.3 is 10.1 Å². The lowest BCUT2D eigenvalue weighted by Gasteiger charge is -2.22. The number of benzene rings is 1. The lowest BCUT2D eigenvalue weighted by molar-refractivity contribution is 0.414. The van der Waals surface area contributed by atoms with Gasteiger partial charge in [-0.1, -0.05) is 31.5 Å². The molecule has 0 saturated carbocycles. The second-order valence-corrected chi connectivity index (χ2v) is 6.46. The monoisotopic (exact) mass is 303 g/mol. The summed E-state index contributed by atoms with van der Waals surface area (Å²) in [4.78, 5) is 1.44. The fraction of sp³-hybridized carbons (Fsp3) is 0.444. The Labute approximate surface area is 132 Å². The molecule has 1 aromatic carbocycles. The van der Waals surface area contributed by atoms with Crippen molar-refractivity contribution in [2.45, 2.75) is 45.2 Å². The Hall–Kier alpha value is -1.32. The first-order valence-corrected chi connectivity index (χ1v) is 8.53. The van der Waals surface area contributed by atoms with E-state index in [-0.39, 0.29) is 0 Å². The fourth-order valence-electron chi connectivity index (χ4n) is 2.60. The van der Waals surface area contributed by atoms with Gasteiger partial charge in [-0.15, -0.1) is 11.3 Å². The zero-order chi connectivity index (χ0) is 15.1. The Bertz CT molecular complexity index is 507. The maximum Gasteiger partial charge on any atom is 0.118 e. The SMILES string of the molecule is CCCC(NC(C)Cc1ccc(OC)cc1)c1cccs1. The van der Waals surface area contributed by atoms with E-state index in [1.54, 1.807) is 7.11 Å². The van der Waals surface area contributed by atoms with Crippen LogP contribution in [0.25, 0.3) is 0 Å². The van der Waals surface area contributed by atoms with Crippen molar-refractivity contribution in [3.8, 4) is 5.75 Å². The van der Waals surface area contributed by atoms with Crippen LogP contribution in [0.3, 0.4) is 0 Å². The highest BCUT2D eigenvalue weighted by Gasteiger charge is 2.14. The van der Waals surface area contributed by atoms with E-state index in [2.05, 4.69) is 48.8 Å². The molecule has 0 radical (unpaired) electrons. The van der Waals surface area contributed by atoms with E-state index < -0.39 is 0 Å². The maximum absolute atomic E-state index is 5.21. The summed E-state index contributed by atoms with van der Waals surface area (Å²) in [6, 6.07) is 13.7. The molecule has 0 fully saturated rings. The molecular weight excluding hydrogens is 278 g/mol. The quantitative estimate of drug-likeness (QED) is 0.755. The minimum atomic E-state index is 0.456. The summed E-state index contributed by atoms with van der Waals surface area (Å²) in [5, 5.41) is 5.94. The summed E-state index contributed by atoms with van der Waals surface area (Å²) in [6.45, 7) is 4.51. The Balaban J connectivity index is 1.93. The third kappa shape index (κ3) is 4.87. The van der Waals surface area contributed by atoms with Crippen molar-refractivity contribution in [3.63, 3.8) is 0 Å². The van der Waals surface area contributed by atoms with Crippen molar-refractivity contribution in [3.05, 3.63) is 52.2 Å². The van der Waals surface area contributed by atoms with Crippen molar-refractivity contribution < 1.29 is 4.74 Å². The lowest BCUT2D eigenvalue weighted by atomic mass is 10.0. The van der Waals surface area contributed by atoms with Crippen molar-refractivity contribution in [2.24, 2.45) is 0 Å². The molecule has 0 bridgehead atoms. The number of hydrogen-bond acceptors (Lipinski definition) is 3. The van der Waals surface area contributed by atoms with Crippen LogP contribution in [0.4, 0.5) is 0 Å². The normalized spacial score (nSPS) is 13.9. The molecular formula is C18H25NOS. The predicted molar refractivity (Wildman–Crippen MR) is 91.3 cm³/mol. The van der Waals surface area contributed by atoms with Gasteiger partial charge >= 0.3 is 0 Å². The van der Waals surface area contributed by atoms with E-state index in [1.807, 2.05) is 23.5 Å². The smallest absolute Gasteiger partial charge is 0.118 e. The Morgan fingerprint density at radius 3 is 2.52 bits per heavy atom. The van der Waals surface area contributed by atoms with Crippen LogP contribution in [0.1, 0.15) is 43.2 Å². The van der Waals surface area contributed by atoms with Crippen LogP contribution >= 0.6 is 11.3 Å². The summed E-state index contributed by atoms with van der Waals surface area (Å²) >= 11 is 1.85. The van der Waals surface area contributed by atoms with Crippen LogP contribution in [-0.2, 0) is 6.42 Å². The molecule has 21 heavy (non-hydrogen) atoms. The van der Waals surface area contributed by atoms with Crippen LogP contribution in [0, 0.1) is 0 Å². The molecule has 3 heteroatoms. The Morgan fingerprint density at radius 1 is 1.19 bits per heavy atom. The molecule has 1 N–H and O–H groups in total. The molecule has 0 aliphatic carbocycles. The number of thiophene rings is 1. The molecule has 0 aliphatic heterocycles. The summed E-state index contributed by atoms with van der Waals surface area (Å²) < 4.78 is 5.21. The van der Waals surface area contributed by atoms with Crippen molar-refractivity contribution >= 4 is 11.3 Å². The highest BCUT2D eigenvalue weighted by molar-refractivity contribution is 7.10. The Kier molecular flexibility index (Phi) is 6.27. The first kappa shape index (κ1) is 16.1. The average molecular weight is 303 g/mol. The number of nitrogens with one attached hydrogen (secondary N) is 1. The second-order valence-electron chi connectivity index (χ2n) is 5.48. The van der Waals surface area contributed by atoms with Gasteiger partial charge in [0.05, 0.1) is 7.11 Å². The highest BCUT2D eigenvalue weighted by Crippen LogP contribution is 2.24. The van der Waals surface area contributed by atoms with Crippen LogP contribution in [0.15, 0.2) is 41.8 Å². The first-order valence-electron chi connectivity index (χ1n) is 7.65. The summed E-state index contributed by atoms with van der Waals surface area (Å²) in [6.07, 6.45) is 3.42. The number of ether oxygens (including phenoxy) is 1. The second kappa shape index (κ2) is 8.20. The fourth-order valence-corrected chi connectivity index (χ4v) is 3.43. The maximum atomic E-state index is 5.21. The van der Waals surface area contributed by atoms with Crippen LogP contribution in [0.2, 0.25) is 0 Å². The van der Waals surface area contributed by atoms with Gasteiger partial charge in [-0.3, -0.25) is 0 Å². The third-order valence-corrected chi connectivity index (χ3v) is 4.64. The molecule has 114 valence electrons. The van der Waals surface area contributed by atoms with Crippen LogP contribution < -0.4 is 10.1 Å². The first-order chi connectivity index (χ1) is 10.2. The van der Waals surface area contributed by atoms with Gasteiger partial charge in [0, 0.05) is 17.0 Å². The van der Waals surface area contributed by atoms with Crippen molar-refractivity contribution in [1.29, 1.82) is 0 Å². The van der Waals surface area contributed by atoms with E-state index in [4.69, 9.17) is 4.74 Å². The molecule has 2 aromatic rings. The van der Waals surface area contributed by atoms with Crippen molar-refractivity contribution in [1.82, 2.24) is 5.32 Å². The van der Waals surface area contributed by atoms with Gasteiger partial charge in [0.15, 0.2) is 0 Å². The van der Waals surface area contributed by atoms with Gasteiger partial charge in [0.1, 0.15) is 5.75 Å². The molecule has 0 aliphatic rings. The summed E-state index contributed by atoms with van der Waals surface area (Å²) in [5.41, 5.74) is 1.34. The molecule has 0 saturated heterocycles. The third-order valence-electron chi connectivity index (χ3n) is 3.65. The summed E-state index contributed by atoms with van der Waals surface area (Å²) in [7, 11) is 1.70. The van der Waals surface area contributed by atoms with Gasteiger partial charge in [-0.25, -0.2) is 0 Å². The van der Waals surface area contributed by atoms with Gasteiger partial charge in [0.25, 0.3) is 0 Å². The molecule has 2 rings (SSSR count).